The lowest BCUT2D eigenvalue weighted by Crippen LogP contribution is -2.28. The number of hydrogen-bond acceptors (Lipinski definition) is 3. The highest BCUT2D eigenvalue weighted by atomic mass is 127. The summed E-state index contributed by atoms with van der Waals surface area (Å²) in [7, 11) is 1.90. The third kappa shape index (κ3) is 5.61. The number of carbonyl (C=O) groups excluding carboxylic acids is 1. The van der Waals surface area contributed by atoms with Crippen molar-refractivity contribution in [1.29, 1.82) is 0 Å². The Labute approximate surface area is 116 Å². The van der Waals surface area contributed by atoms with Crippen LogP contribution < -0.4 is 0 Å². The first-order chi connectivity index (χ1) is 7.99. The monoisotopic (exact) mass is 347 g/mol. The minimum atomic E-state index is -0.314. The summed E-state index contributed by atoms with van der Waals surface area (Å²) in [6, 6.07) is 7.58. The minimum absolute atomic E-state index is 0.120. The van der Waals surface area contributed by atoms with Gasteiger partial charge in [-0.1, -0.05) is 12.1 Å². The summed E-state index contributed by atoms with van der Waals surface area (Å²) in [4.78, 5) is 13.8. The molecule has 0 radical (unpaired) electrons. The van der Waals surface area contributed by atoms with Crippen molar-refractivity contribution in [3.8, 4) is 0 Å². The van der Waals surface area contributed by atoms with Crippen LogP contribution in [-0.2, 0) is 0 Å². The van der Waals surface area contributed by atoms with E-state index in [0.29, 0.717) is 13.0 Å². The molecule has 0 fully saturated rings. The van der Waals surface area contributed by atoms with Crippen LogP contribution in [0.2, 0.25) is 0 Å². The summed E-state index contributed by atoms with van der Waals surface area (Å²) in [6.45, 7) is 2.88. The Bertz CT molecular complexity index is 362. The van der Waals surface area contributed by atoms with Gasteiger partial charge >= 0.3 is 0 Å². The van der Waals surface area contributed by atoms with Crippen molar-refractivity contribution in [2.75, 3.05) is 20.1 Å². The zero-order valence-corrected chi connectivity index (χ0v) is 12.3. The molecule has 0 spiro atoms. The van der Waals surface area contributed by atoms with Crippen molar-refractivity contribution in [2.45, 2.75) is 19.4 Å². The van der Waals surface area contributed by atoms with Crippen LogP contribution in [0.5, 0.6) is 0 Å². The normalized spacial score (nSPS) is 12.8. The van der Waals surface area contributed by atoms with E-state index in [1.165, 1.54) is 0 Å². The number of likely N-dealkylation sites (N-methyl/N-ethyl adjacent to an activating group) is 1. The molecule has 94 valence electrons. The molecule has 4 heteroatoms. The Kier molecular flexibility index (Phi) is 6.08. The number of aliphatic hydroxyl groups is 1. The highest BCUT2D eigenvalue weighted by molar-refractivity contribution is 14.1. The van der Waals surface area contributed by atoms with E-state index in [1.807, 2.05) is 36.2 Å². The summed E-state index contributed by atoms with van der Waals surface area (Å²) in [6.07, 6.45) is 0.377. The molecule has 0 aromatic heterocycles. The molecule has 1 N–H and O–H groups in total. The molecule has 0 saturated heterocycles. The van der Waals surface area contributed by atoms with Crippen LogP contribution in [0.1, 0.15) is 23.7 Å². The van der Waals surface area contributed by atoms with Crippen LogP contribution in [0.25, 0.3) is 0 Å². The molecule has 0 amide bonds. The summed E-state index contributed by atoms with van der Waals surface area (Å²) in [5.41, 5.74) is 0.745. The summed E-state index contributed by atoms with van der Waals surface area (Å²) in [5.74, 6) is 0.120. The molecule has 0 aliphatic heterocycles. The van der Waals surface area contributed by atoms with Gasteiger partial charge in [0.25, 0.3) is 0 Å². The van der Waals surface area contributed by atoms with Gasteiger partial charge in [-0.3, -0.25) is 9.69 Å². The Balaban J connectivity index is 2.46. The number of aliphatic hydroxyl groups excluding tert-OH is 1. The predicted molar refractivity (Wildman–Crippen MR) is 77.3 cm³/mol. The Morgan fingerprint density at radius 3 is 2.53 bits per heavy atom. The number of carbonyl (C=O) groups is 1. The van der Waals surface area contributed by atoms with E-state index >= 15 is 0 Å². The lowest BCUT2D eigenvalue weighted by molar-refractivity contribution is 0.0931. The molecular formula is C13H18INO2. The second kappa shape index (κ2) is 7.08. The molecule has 0 bridgehead atoms. The maximum absolute atomic E-state index is 11.9. The van der Waals surface area contributed by atoms with E-state index in [1.54, 1.807) is 6.92 Å². The summed E-state index contributed by atoms with van der Waals surface area (Å²) >= 11 is 2.22. The third-order valence-electron chi connectivity index (χ3n) is 2.51. The molecular weight excluding hydrogens is 329 g/mol. The zero-order valence-electron chi connectivity index (χ0n) is 10.2. The first-order valence-corrected chi connectivity index (χ1v) is 6.72. The molecule has 0 aliphatic carbocycles. The third-order valence-corrected chi connectivity index (χ3v) is 3.23. The van der Waals surface area contributed by atoms with Gasteiger partial charge in [0, 0.05) is 15.7 Å². The first kappa shape index (κ1) is 14.6. The van der Waals surface area contributed by atoms with Gasteiger partial charge in [0.2, 0.25) is 0 Å². The molecule has 1 unspecified atom stereocenters. The number of Topliss-reactive ketones (excluding diaryl/α,β-unsaturated/α-hetero) is 1. The van der Waals surface area contributed by atoms with Crippen molar-refractivity contribution in [1.82, 2.24) is 4.90 Å². The van der Waals surface area contributed by atoms with E-state index in [2.05, 4.69) is 22.6 Å². The fourth-order valence-corrected chi connectivity index (χ4v) is 1.82. The van der Waals surface area contributed by atoms with Gasteiger partial charge in [-0.05, 0) is 55.1 Å². The standard InChI is InChI=1S/C13H18INO2/c1-10(16)7-8-15(2)9-13(17)11-3-5-12(14)6-4-11/h3-6,10,16H,7-9H2,1-2H3. The van der Waals surface area contributed by atoms with Gasteiger partial charge < -0.3 is 5.11 Å². The van der Waals surface area contributed by atoms with Gasteiger partial charge in [-0.15, -0.1) is 0 Å². The summed E-state index contributed by atoms with van der Waals surface area (Å²) < 4.78 is 1.13. The molecule has 0 heterocycles. The number of rotatable bonds is 6. The lowest BCUT2D eigenvalue weighted by atomic mass is 10.1. The summed E-state index contributed by atoms with van der Waals surface area (Å²) in [5, 5.41) is 9.17. The van der Waals surface area contributed by atoms with Gasteiger partial charge in [0.1, 0.15) is 0 Å². The molecule has 0 saturated carbocycles. The molecule has 1 aromatic carbocycles. The molecule has 3 nitrogen and oxygen atoms in total. The van der Waals surface area contributed by atoms with Crippen molar-refractivity contribution in [3.05, 3.63) is 33.4 Å². The van der Waals surface area contributed by atoms with Crippen LogP contribution in [0, 0.1) is 3.57 Å². The lowest BCUT2D eigenvalue weighted by Gasteiger charge is -2.16. The van der Waals surface area contributed by atoms with Crippen molar-refractivity contribution in [3.63, 3.8) is 0 Å². The van der Waals surface area contributed by atoms with E-state index in [4.69, 9.17) is 0 Å². The van der Waals surface area contributed by atoms with Crippen molar-refractivity contribution >= 4 is 28.4 Å². The smallest absolute Gasteiger partial charge is 0.176 e. The number of nitrogens with zero attached hydrogens (tertiary/aromatic N) is 1. The van der Waals surface area contributed by atoms with E-state index < -0.39 is 0 Å². The van der Waals surface area contributed by atoms with E-state index in [0.717, 1.165) is 15.7 Å². The van der Waals surface area contributed by atoms with Crippen LogP contribution in [0.3, 0.4) is 0 Å². The predicted octanol–water partition coefficient (Wildman–Crippen LogP) is 2.18. The minimum Gasteiger partial charge on any atom is -0.393 e. The fourth-order valence-electron chi connectivity index (χ4n) is 1.46. The zero-order chi connectivity index (χ0) is 12.8. The average molecular weight is 347 g/mol. The van der Waals surface area contributed by atoms with Gasteiger partial charge in [0.05, 0.1) is 12.6 Å². The molecule has 1 aromatic rings. The molecule has 0 aliphatic rings. The van der Waals surface area contributed by atoms with Crippen LogP contribution in [0.15, 0.2) is 24.3 Å². The van der Waals surface area contributed by atoms with Gasteiger partial charge in [-0.25, -0.2) is 0 Å². The number of hydrogen-bond donors (Lipinski definition) is 1. The van der Waals surface area contributed by atoms with Crippen LogP contribution >= 0.6 is 22.6 Å². The van der Waals surface area contributed by atoms with Gasteiger partial charge in [-0.2, -0.15) is 0 Å². The van der Waals surface area contributed by atoms with Gasteiger partial charge in [0.15, 0.2) is 5.78 Å². The van der Waals surface area contributed by atoms with E-state index in [9.17, 15) is 9.90 Å². The Morgan fingerprint density at radius 2 is 2.00 bits per heavy atom. The topological polar surface area (TPSA) is 40.5 Å². The van der Waals surface area contributed by atoms with Crippen molar-refractivity contribution < 1.29 is 9.90 Å². The fraction of sp³-hybridized carbons (Fsp3) is 0.462. The number of benzene rings is 1. The second-order valence-corrected chi connectivity index (χ2v) is 5.55. The second-order valence-electron chi connectivity index (χ2n) is 4.31. The van der Waals surface area contributed by atoms with Crippen molar-refractivity contribution in [2.24, 2.45) is 0 Å². The Hall–Kier alpha value is -0.460. The highest BCUT2D eigenvalue weighted by Crippen LogP contribution is 2.08. The Morgan fingerprint density at radius 1 is 1.41 bits per heavy atom. The average Bonchev–Trinajstić information content (AvgIpc) is 2.27. The largest absolute Gasteiger partial charge is 0.393 e. The van der Waals surface area contributed by atoms with Crippen LogP contribution in [-0.4, -0.2) is 42.0 Å². The molecule has 1 rings (SSSR count). The maximum atomic E-state index is 11.9. The number of halogens is 1. The first-order valence-electron chi connectivity index (χ1n) is 5.64. The molecule has 17 heavy (non-hydrogen) atoms. The quantitative estimate of drug-likeness (QED) is 0.634. The molecule has 1 atom stereocenters. The maximum Gasteiger partial charge on any atom is 0.176 e. The van der Waals surface area contributed by atoms with Crippen LogP contribution in [0.4, 0.5) is 0 Å². The SMILES string of the molecule is CC(O)CCN(C)CC(=O)c1ccc(I)cc1. The van der Waals surface area contributed by atoms with E-state index in [-0.39, 0.29) is 11.9 Å². The number of ketones is 1. The highest BCUT2D eigenvalue weighted by Gasteiger charge is 2.09.